The minimum absolute atomic E-state index is 0.284. The Morgan fingerprint density at radius 3 is 3.21 bits per heavy atom. The molecule has 3 heterocycles. The summed E-state index contributed by atoms with van der Waals surface area (Å²) < 4.78 is 10.2. The number of nitrogens with one attached hydrogen (secondary N) is 1. The minimum atomic E-state index is -0.414. The number of methoxy groups -OCH3 is 1. The Labute approximate surface area is 112 Å². The normalized spacial score (nSPS) is 27.2. The Balaban J connectivity index is 1.60. The number of rotatable bonds is 3. The molecule has 0 amide bonds. The SMILES string of the molecule is COC(=O)c1ccc(CN2CC3CCCNC3C2)o1. The maximum Gasteiger partial charge on any atom is 0.373 e. The summed E-state index contributed by atoms with van der Waals surface area (Å²) in [7, 11) is 1.36. The van der Waals surface area contributed by atoms with Crippen molar-refractivity contribution in [3.63, 3.8) is 0 Å². The molecule has 2 fully saturated rings. The molecule has 0 saturated carbocycles. The van der Waals surface area contributed by atoms with E-state index >= 15 is 0 Å². The lowest BCUT2D eigenvalue weighted by atomic mass is 9.94. The van der Waals surface area contributed by atoms with Gasteiger partial charge in [0.05, 0.1) is 13.7 Å². The Bertz CT molecular complexity index is 443. The van der Waals surface area contributed by atoms with Gasteiger partial charge in [0.25, 0.3) is 0 Å². The molecule has 2 saturated heterocycles. The number of hydrogen-bond acceptors (Lipinski definition) is 5. The maximum atomic E-state index is 11.3. The molecule has 2 aliphatic heterocycles. The predicted octanol–water partition coefficient (Wildman–Crippen LogP) is 1.25. The molecule has 104 valence electrons. The molecule has 3 rings (SSSR count). The number of piperidine rings is 1. The molecule has 2 atom stereocenters. The van der Waals surface area contributed by atoms with Crippen molar-refractivity contribution in [2.45, 2.75) is 25.4 Å². The van der Waals surface area contributed by atoms with E-state index in [9.17, 15) is 4.79 Å². The molecule has 0 bridgehead atoms. The Kier molecular flexibility index (Phi) is 3.57. The molecule has 5 nitrogen and oxygen atoms in total. The van der Waals surface area contributed by atoms with Crippen LogP contribution in [-0.4, -0.2) is 43.7 Å². The fraction of sp³-hybridized carbons (Fsp3) is 0.643. The van der Waals surface area contributed by atoms with Crippen LogP contribution in [0.25, 0.3) is 0 Å². The first-order valence-electron chi connectivity index (χ1n) is 6.89. The highest BCUT2D eigenvalue weighted by atomic mass is 16.5. The molecule has 2 aliphatic rings. The lowest BCUT2D eigenvalue weighted by Crippen LogP contribution is -2.40. The van der Waals surface area contributed by atoms with E-state index in [1.807, 2.05) is 6.07 Å². The number of ether oxygens (including phenoxy) is 1. The van der Waals surface area contributed by atoms with Gasteiger partial charge >= 0.3 is 5.97 Å². The van der Waals surface area contributed by atoms with Crippen LogP contribution in [0.5, 0.6) is 0 Å². The average Bonchev–Trinajstić information content (AvgIpc) is 3.04. The molecule has 19 heavy (non-hydrogen) atoms. The summed E-state index contributed by atoms with van der Waals surface area (Å²) in [6, 6.07) is 4.17. The molecular weight excluding hydrogens is 244 g/mol. The molecule has 0 aliphatic carbocycles. The highest BCUT2D eigenvalue weighted by molar-refractivity contribution is 5.86. The number of carbonyl (C=O) groups is 1. The van der Waals surface area contributed by atoms with Crippen LogP contribution in [0.4, 0.5) is 0 Å². The Hall–Kier alpha value is -1.33. The molecule has 2 unspecified atom stereocenters. The molecule has 0 radical (unpaired) electrons. The predicted molar refractivity (Wildman–Crippen MR) is 69.8 cm³/mol. The van der Waals surface area contributed by atoms with Gasteiger partial charge in [0, 0.05) is 19.1 Å². The van der Waals surface area contributed by atoms with E-state index in [1.54, 1.807) is 6.07 Å². The van der Waals surface area contributed by atoms with Gasteiger partial charge in [0.2, 0.25) is 5.76 Å². The van der Waals surface area contributed by atoms with E-state index in [0.29, 0.717) is 6.04 Å². The summed E-state index contributed by atoms with van der Waals surface area (Å²) in [4.78, 5) is 13.7. The number of esters is 1. The van der Waals surface area contributed by atoms with Crippen molar-refractivity contribution in [2.75, 3.05) is 26.7 Å². The third-order valence-corrected chi connectivity index (χ3v) is 4.10. The van der Waals surface area contributed by atoms with E-state index in [2.05, 4.69) is 15.0 Å². The number of hydrogen-bond donors (Lipinski definition) is 1. The van der Waals surface area contributed by atoms with Gasteiger partial charge in [-0.3, -0.25) is 4.90 Å². The first-order chi connectivity index (χ1) is 9.26. The van der Waals surface area contributed by atoms with Gasteiger partial charge < -0.3 is 14.5 Å². The van der Waals surface area contributed by atoms with E-state index in [1.165, 1.54) is 20.0 Å². The summed E-state index contributed by atoms with van der Waals surface area (Å²) in [5.41, 5.74) is 0. The molecule has 1 aromatic rings. The fourth-order valence-electron chi connectivity index (χ4n) is 3.16. The van der Waals surface area contributed by atoms with Crippen molar-refractivity contribution in [3.05, 3.63) is 23.7 Å². The van der Waals surface area contributed by atoms with Gasteiger partial charge in [-0.2, -0.15) is 0 Å². The smallest absolute Gasteiger partial charge is 0.373 e. The fourth-order valence-corrected chi connectivity index (χ4v) is 3.16. The minimum Gasteiger partial charge on any atom is -0.463 e. The Morgan fingerprint density at radius 2 is 2.42 bits per heavy atom. The van der Waals surface area contributed by atoms with Crippen LogP contribution in [-0.2, 0) is 11.3 Å². The van der Waals surface area contributed by atoms with Gasteiger partial charge in [-0.1, -0.05) is 0 Å². The van der Waals surface area contributed by atoms with Gasteiger partial charge in [0.15, 0.2) is 0 Å². The number of nitrogens with zero attached hydrogens (tertiary/aromatic N) is 1. The van der Waals surface area contributed by atoms with Crippen molar-refractivity contribution in [1.82, 2.24) is 10.2 Å². The lowest BCUT2D eigenvalue weighted by molar-refractivity contribution is 0.0561. The van der Waals surface area contributed by atoms with Crippen LogP contribution >= 0.6 is 0 Å². The summed E-state index contributed by atoms with van der Waals surface area (Å²) in [5, 5.41) is 3.58. The third-order valence-electron chi connectivity index (χ3n) is 4.10. The number of furan rings is 1. The topological polar surface area (TPSA) is 54.7 Å². The van der Waals surface area contributed by atoms with Crippen molar-refractivity contribution in [1.29, 1.82) is 0 Å². The summed E-state index contributed by atoms with van der Waals surface area (Å²) >= 11 is 0. The molecule has 0 spiro atoms. The van der Waals surface area contributed by atoms with E-state index < -0.39 is 5.97 Å². The van der Waals surface area contributed by atoms with Crippen LogP contribution in [0.1, 0.15) is 29.2 Å². The van der Waals surface area contributed by atoms with Crippen molar-refractivity contribution in [2.24, 2.45) is 5.92 Å². The highest BCUT2D eigenvalue weighted by Crippen LogP contribution is 2.26. The molecule has 1 N–H and O–H groups in total. The number of carbonyl (C=O) groups excluding carboxylic acids is 1. The second-order valence-corrected chi connectivity index (χ2v) is 5.41. The molecular formula is C14H20N2O3. The van der Waals surface area contributed by atoms with E-state index in [0.717, 1.165) is 37.9 Å². The maximum absolute atomic E-state index is 11.3. The van der Waals surface area contributed by atoms with Crippen LogP contribution in [0.2, 0.25) is 0 Å². The highest BCUT2D eigenvalue weighted by Gasteiger charge is 2.34. The van der Waals surface area contributed by atoms with E-state index in [-0.39, 0.29) is 5.76 Å². The quantitative estimate of drug-likeness (QED) is 0.833. The second-order valence-electron chi connectivity index (χ2n) is 5.41. The lowest BCUT2D eigenvalue weighted by Gasteiger charge is -2.24. The van der Waals surface area contributed by atoms with Crippen LogP contribution in [0, 0.1) is 5.92 Å². The zero-order valence-electron chi connectivity index (χ0n) is 11.2. The first kappa shape index (κ1) is 12.7. The van der Waals surface area contributed by atoms with E-state index in [4.69, 9.17) is 4.42 Å². The van der Waals surface area contributed by atoms with Gasteiger partial charge in [-0.05, 0) is 37.4 Å². The third kappa shape index (κ3) is 2.67. The zero-order valence-corrected chi connectivity index (χ0v) is 11.2. The van der Waals surface area contributed by atoms with Gasteiger partial charge in [-0.25, -0.2) is 4.79 Å². The van der Waals surface area contributed by atoms with Crippen molar-refractivity contribution in [3.8, 4) is 0 Å². The van der Waals surface area contributed by atoms with Crippen molar-refractivity contribution < 1.29 is 13.9 Å². The zero-order chi connectivity index (χ0) is 13.2. The summed E-state index contributed by atoms with van der Waals surface area (Å²) in [5.74, 6) is 1.47. The summed E-state index contributed by atoms with van der Waals surface area (Å²) in [6.07, 6.45) is 2.60. The second kappa shape index (κ2) is 5.35. The largest absolute Gasteiger partial charge is 0.463 e. The number of likely N-dealkylation sites (tertiary alicyclic amines) is 1. The van der Waals surface area contributed by atoms with Crippen LogP contribution < -0.4 is 5.32 Å². The first-order valence-corrected chi connectivity index (χ1v) is 6.89. The van der Waals surface area contributed by atoms with Crippen LogP contribution in [0.15, 0.2) is 16.5 Å². The summed E-state index contributed by atoms with van der Waals surface area (Å²) in [6.45, 7) is 4.10. The van der Waals surface area contributed by atoms with Crippen molar-refractivity contribution >= 4 is 5.97 Å². The molecule has 1 aromatic heterocycles. The average molecular weight is 264 g/mol. The van der Waals surface area contributed by atoms with Gasteiger partial charge in [-0.15, -0.1) is 0 Å². The Morgan fingerprint density at radius 1 is 1.53 bits per heavy atom. The molecule has 5 heteroatoms. The van der Waals surface area contributed by atoms with Gasteiger partial charge in [0.1, 0.15) is 5.76 Å². The number of fused-ring (bicyclic) bond motifs is 1. The monoisotopic (exact) mass is 264 g/mol. The molecule has 0 aromatic carbocycles. The standard InChI is InChI=1S/C14H20N2O3/c1-18-14(17)13-5-4-11(19-13)8-16-7-10-3-2-6-15-12(10)9-16/h4-5,10,12,15H,2-3,6-9H2,1H3. The van der Waals surface area contributed by atoms with Crippen LogP contribution in [0.3, 0.4) is 0 Å².